The number of benzene rings is 1. The SMILES string of the molecule is COc1cc(NS(=O)(=O)C2CCOC2)ccc1-n1nc(C)c2cnc(Cl)cc21. The predicted octanol–water partition coefficient (Wildman–Crippen LogP) is 2.92. The molecule has 10 heteroatoms. The second-order valence-electron chi connectivity index (χ2n) is 6.54. The van der Waals surface area contributed by atoms with E-state index in [2.05, 4.69) is 14.8 Å². The number of anilines is 1. The monoisotopic (exact) mass is 422 g/mol. The lowest BCUT2D eigenvalue weighted by molar-refractivity contribution is 0.198. The van der Waals surface area contributed by atoms with Crippen LogP contribution in [0.5, 0.6) is 5.75 Å². The minimum Gasteiger partial charge on any atom is -0.494 e. The van der Waals surface area contributed by atoms with Crippen LogP contribution in [0.2, 0.25) is 5.15 Å². The van der Waals surface area contributed by atoms with Gasteiger partial charge >= 0.3 is 0 Å². The first kappa shape index (κ1) is 19.0. The van der Waals surface area contributed by atoms with Gasteiger partial charge in [0.25, 0.3) is 0 Å². The van der Waals surface area contributed by atoms with Crippen LogP contribution in [0.4, 0.5) is 5.69 Å². The van der Waals surface area contributed by atoms with Gasteiger partial charge in [-0.05, 0) is 25.5 Å². The molecule has 0 radical (unpaired) electrons. The molecule has 1 aliphatic rings. The van der Waals surface area contributed by atoms with E-state index in [9.17, 15) is 8.42 Å². The number of fused-ring (bicyclic) bond motifs is 1. The molecule has 1 atom stereocenters. The highest BCUT2D eigenvalue weighted by Gasteiger charge is 2.29. The summed E-state index contributed by atoms with van der Waals surface area (Å²) in [4.78, 5) is 4.10. The number of aryl methyl sites for hydroxylation is 1. The number of sulfonamides is 1. The molecule has 0 spiro atoms. The van der Waals surface area contributed by atoms with Crippen molar-refractivity contribution in [1.82, 2.24) is 14.8 Å². The summed E-state index contributed by atoms with van der Waals surface area (Å²) in [5.74, 6) is 0.472. The van der Waals surface area contributed by atoms with Crippen molar-refractivity contribution in [1.29, 1.82) is 0 Å². The van der Waals surface area contributed by atoms with Gasteiger partial charge in [0.15, 0.2) is 0 Å². The molecule has 3 heterocycles. The van der Waals surface area contributed by atoms with Gasteiger partial charge in [0, 0.05) is 30.3 Å². The molecule has 1 saturated heterocycles. The normalized spacial score (nSPS) is 17.2. The van der Waals surface area contributed by atoms with Crippen LogP contribution in [-0.2, 0) is 14.8 Å². The predicted molar refractivity (Wildman–Crippen MR) is 107 cm³/mol. The molecule has 8 nitrogen and oxygen atoms in total. The first-order chi connectivity index (χ1) is 13.4. The van der Waals surface area contributed by atoms with Crippen LogP contribution < -0.4 is 9.46 Å². The summed E-state index contributed by atoms with van der Waals surface area (Å²) in [7, 11) is -2.01. The van der Waals surface area contributed by atoms with Gasteiger partial charge < -0.3 is 9.47 Å². The first-order valence-corrected chi connectivity index (χ1v) is 10.6. The summed E-state index contributed by atoms with van der Waals surface area (Å²) >= 11 is 6.05. The fourth-order valence-electron chi connectivity index (χ4n) is 3.24. The third-order valence-corrected chi connectivity index (χ3v) is 6.69. The van der Waals surface area contributed by atoms with Crippen molar-refractivity contribution in [3.05, 3.63) is 41.3 Å². The van der Waals surface area contributed by atoms with E-state index in [1.165, 1.54) is 7.11 Å². The molecule has 1 N–H and O–H groups in total. The number of rotatable bonds is 5. The zero-order valence-corrected chi connectivity index (χ0v) is 16.9. The highest BCUT2D eigenvalue weighted by atomic mass is 35.5. The Labute approximate surface area is 167 Å². The van der Waals surface area contributed by atoms with Crippen molar-refractivity contribution in [3.8, 4) is 11.4 Å². The van der Waals surface area contributed by atoms with Crippen LogP contribution in [0.3, 0.4) is 0 Å². The maximum Gasteiger partial charge on any atom is 0.237 e. The van der Waals surface area contributed by atoms with Crippen molar-refractivity contribution in [2.75, 3.05) is 25.0 Å². The van der Waals surface area contributed by atoms with Crippen LogP contribution in [0.1, 0.15) is 12.1 Å². The van der Waals surface area contributed by atoms with Gasteiger partial charge in [-0.3, -0.25) is 4.72 Å². The molecule has 0 amide bonds. The molecule has 3 aromatic rings. The van der Waals surface area contributed by atoms with Gasteiger partial charge in [0.1, 0.15) is 21.8 Å². The zero-order chi connectivity index (χ0) is 19.9. The van der Waals surface area contributed by atoms with Crippen LogP contribution in [-0.4, -0.2) is 48.8 Å². The maximum absolute atomic E-state index is 12.5. The molecule has 1 unspecified atom stereocenters. The molecular formula is C18H19ClN4O4S. The second-order valence-corrected chi connectivity index (χ2v) is 8.89. The van der Waals surface area contributed by atoms with Gasteiger partial charge in [-0.15, -0.1) is 0 Å². The summed E-state index contributed by atoms with van der Waals surface area (Å²) in [6, 6.07) is 6.79. The smallest absolute Gasteiger partial charge is 0.237 e. The molecular weight excluding hydrogens is 404 g/mol. The Hall–Kier alpha value is -2.36. The third-order valence-electron chi connectivity index (χ3n) is 4.71. The van der Waals surface area contributed by atoms with Gasteiger partial charge in [-0.1, -0.05) is 11.6 Å². The lowest BCUT2D eigenvalue weighted by atomic mass is 10.2. The fraction of sp³-hybridized carbons (Fsp3) is 0.333. The van der Waals surface area contributed by atoms with E-state index in [1.807, 2.05) is 6.92 Å². The van der Waals surface area contributed by atoms with Crippen molar-refractivity contribution in [2.45, 2.75) is 18.6 Å². The van der Waals surface area contributed by atoms with E-state index >= 15 is 0 Å². The van der Waals surface area contributed by atoms with Crippen LogP contribution in [0, 0.1) is 6.92 Å². The van der Waals surface area contributed by atoms with Gasteiger partial charge in [0.2, 0.25) is 10.0 Å². The van der Waals surface area contributed by atoms with Crippen LogP contribution >= 0.6 is 11.6 Å². The number of halogens is 1. The second kappa shape index (κ2) is 7.23. The fourth-order valence-corrected chi connectivity index (χ4v) is 4.69. The third kappa shape index (κ3) is 3.41. The van der Waals surface area contributed by atoms with E-state index < -0.39 is 15.3 Å². The summed E-state index contributed by atoms with van der Waals surface area (Å²) in [6.07, 6.45) is 2.16. The Morgan fingerprint density at radius 2 is 2.18 bits per heavy atom. The average molecular weight is 423 g/mol. The van der Waals surface area contributed by atoms with Crippen molar-refractivity contribution < 1.29 is 17.9 Å². The van der Waals surface area contributed by atoms with Gasteiger partial charge in [-0.2, -0.15) is 5.10 Å². The van der Waals surface area contributed by atoms with Gasteiger partial charge in [-0.25, -0.2) is 18.1 Å². The number of ether oxygens (including phenoxy) is 2. The van der Waals surface area contributed by atoms with Crippen LogP contribution in [0.15, 0.2) is 30.5 Å². The molecule has 0 aliphatic carbocycles. The quantitative estimate of drug-likeness (QED) is 0.635. The number of hydrogen-bond donors (Lipinski definition) is 1. The Bertz CT molecular complexity index is 1140. The van der Waals surface area contributed by atoms with E-state index in [1.54, 1.807) is 35.1 Å². The lowest BCUT2D eigenvalue weighted by Crippen LogP contribution is -2.28. The summed E-state index contributed by atoms with van der Waals surface area (Å²) in [5, 5.41) is 5.24. The summed E-state index contributed by atoms with van der Waals surface area (Å²) in [6.45, 7) is 2.54. The first-order valence-electron chi connectivity index (χ1n) is 8.68. The number of methoxy groups -OCH3 is 1. The Balaban J connectivity index is 1.73. The van der Waals surface area contributed by atoms with E-state index in [4.69, 9.17) is 21.1 Å². The van der Waals surface area contributed by atoms with Crippen LogP contribution in [0.25, 0.3) is 16.6 Å². The lowest BCUT2D eigenvalue weighted by Gasteiger charge is -2.15. The molecule has 1 fully saturated rings. The average Bonchev–Trinajstić information content (AvgIpc) is 3.30. The van der Waals surface area contributed by atoms with Gasteiger partial charge in [0.05, 0.1) is 30.6 Å². The van der Waals surface area contributed by atoms with Crippen molar-refractivity contribution in [3.63, 3.8) is 0 Å². The summed E-state index contributed by atoms with van der Waals surface area (Å²) < 4.78 is 40.0. The van der Waals surface area contributed by atoms with Crippen molar-refractivity contribution >= 4 is 38.2 Å². The molecule has 2 aromatic heterocycles. The van der Waals surface area contributed by atoms with E-state index in [-0.39, 0.29) is 6.61 Å². The molecule has 4 rings (SSSR count). The molecule has 1 aromatic carbocycles. The molecule has 28 heavy (non-hydrogen) atoms. The largest absolute Gasteiger partial charge is 0.494 e. The van der Waals surface area contributed by atoms with Crippen molar-refractivity contribution in [2.24, 2.45) is 0 Å². The Morgan fingerprint density at radius 1 is 1.36 bits per heavy atom. The molecule has 0 bridgehead atoms. The molecule has 1 aliphatic heterocycles. The number of nitrogens with zero attached hydrogens (tertiary/aromatic N) is 3. The standard InChI is InChI=1S/C18H19ClN4O4S/c1-11-14-9-20-18(19)8-16(14)23(21-11)15-4-3-12(7-17(15)26-2)22-28(24,25)13-5-6-27-10-13/h3-4,7-9,13,22H,5-6,10H2,1-2H3. The zero-order valence-electron chi connectivity index (χ0n) is 15.3. The number of pyridine rings is 1. The Morgan fingerprint density at radius 3 is 2.89 bits per heavy atom. The maximum atomic E-state index is 12.5. The van der Waals surface area contributed by atoms with E-state index in [0.717, 1.165) is 16.6 Å². The highest BCUT2D eigenvalue weighted by molar-refractivity contribution is 7.93. The number of hydrogen-bond acceptors (Lipinski definition) is 6. The minimum absolute atomic E-state index is 0.206. The topological polar surface area (TPSA) is 95.3 Å². The molecule has 148 valence electrons. The Kier molecular flexibility index (Phi) is 4.90. The van der Waals surface area contributed by atoms with E-state index in [0.29, 0.717) is 35.3 Å². The number of aromatic nitrogens is 3. The highest BCUT2D eigenvalue weighted by Crippen LogP contribution is 2.31. The molecule has 0 saturated carbocycles. The number of nitrogens with one attached hydrogen (secondary N) is 1. The summed E-state index contributed by atoms with van der Waals surface area (Å²) in [5.41, 5.74) is 2.66. The minimum atomic E-state index is -3.53.